The lowest BCUT2D eigenvalue weighted by Crippen LogP contribution is -2.09. The van der Waals surface area contributed by atoms with Gasteiger partial charge >= 0.3 is 5.97 Å². The van der Waals surface area contributed by atoms with Gasteiger partial charge in [-0.15, -0.1) is 0 Å². The van der Waals surface area contributed by atoms with E-state index in [1.165, 1.54) is 6.26 Å². The Hall–Kier alpha value is -1.81. The van der Waals surface area contributed by atoms with E-state index in [2.05, 4.69) is 0 Å². The predicted octanol–water partition coefficient (Wildman–Crippen LogP) is 1.50. The van der Waals surface area contributed by atoms with Crippen LogP contribution in [0, 0.1) is 0 Å². The summed E-state index contributed by atoms with van der Waals surface area (Å²) in [5.41, 5.74) is 0.345. The summed E-state index contributed by atoms with van der Waals surface area (Å²) in [7, 11) is 0. The molecular formula is C12H14O4. The highest BCUT2D eigenvalue weighted by atomic mass is 16.5. The third kappa shape index (κ3) is 4.14. The predicted molar refractivity (Wildman–Crippen MR) is 58.9 cm³/mol. The quantitative estimate of drug-likeness (QED) is 0.466. The molecular weight excluding hydrogens is 208 g/mol. The summed E-state index contributed by atoms with van der Waals surface area (Å²) in [5.74, 6) is 0.154. The second-order valence-corrected chi connectivity index (χ2v) is 3.09. The van der Waals surface area contributed by atoms with Gasteiger partial charge in [0.2, 0.25) is 0 Å². The van der Waals surface area contributed by atoms with Crippen molar-refractivity contribution in [1.29, 1.82) is 0 Å². The zero-order chi connectivity index (χ0) is 11.8. The molecule has 0 aliphatic heterocycles. The standard InChI is InChI=1S/C12H14O4/c1-10(12(14)15-8-7-13)9-16-11-5-3-2-4-6-11/h2-6,9,13H,7-8H2,1H3. The maximum atomic E-state index is 11.2. The number of hydrogen-bond donors (Lipinski definition) is 1. The number of carbonyl (C=O) groups is 1. The minimum atomic E-state index is -0.495. The zero-order valence-corrected chi connectivity index (χ0v) is 9.05. The fraction of sp³-hybridized carbons (Fsp3) is 0.250. The molecule has 0 atom stereocenters. The highest BCUT2D eigenvalue weighted by Crippen LogP contribution is 2.09. The summed E-state index contributed by atoms with van der Waals surface area (Å²) >= 11 is 0. The summed E-state index contributed by atoms with van der Waals surface area (Å²) in [6.45, 7) is 1.40. The number of aliphatic hydroxyl groups excluding tert-OH is 1. The monoisotopic (exact) mass is 222 g/mol. The number of carbonyl (C=O) groups excluding carboxylic acids is 1. The minimum Gasteiger partial charge on any atom is -0.464 e. The Kier molecular flexibility index (Phi) is 5.08. The van der Waals surface area contributed by atoms with Crippen LogP contribution < -0.4 is 4.74 Å². The molecule has 86 valence electrons. The van der Waals surface area contributed by atoms with Crippen LogP contribution >= 0.6 is 0 Å². The van der Waals surface area contributed by atoms with Crippen molar-refractivity contribution >= 4 is 5.97 Å². The summed E-state index contributed by atoms with van der Waals surface area (Å²) in [4.78, 5) is 11.2. The van der Waals surface area contributed by atoms with E-state index in [1.807, 2.05) is 18.2 Å². The summed E-state index contributed by atoms with van der Waals surface area (Å²) in [5, 5.41) is 8.48. The van der Waals surface area contributed by atoms with Crippen LogP contribution in [0.5, 0.6) is 5.75 Å². The Bertz CT molecular complexity index is 357. The highest BCUT2D eigenvalue weighted by molar-refractivity contribution is 5.87. The molecule has 0 saturated heterocycles. The Morgan fingerprint density at radius 3 is 2.69 bits per heavy atom. The summed E-state index contributed by atoms with van der Waals surface area (Å²) in [6.07, 6.45) is 1.33. The third-order valence-electron chi connectivity index (χ3n) is 1.76. The van der Waals surface area contributed by atoms with Gasteiger partial charge in [-0.1, -0.05) is 18.2 Å². The molecule has 0 saturated carbocycles. The van der Waals surface area contributed by atoms with Crippen LogP contribution in [0.3, 0.4) is 0 Å². The van der Waals surface area contributed by atoms with Gasteiger partial charge in [0.25, 0.3) is 0 Å². The first-order chi connectivity index (χ1) is 7.74. The first-order valence-electron chi connectivity index (χ1n) is 4.90. The van der Waals surface area contributed by atoms with E-state index >= 15 is 0 Å². The molecule has 1 rings (SSSR count). The Morgan fingerprint density at radius 2 is 2.06 bits per heavy atom. The average molecular weight is 222 g/mol. The molecule has 1 N–H and O–H groups in total. The molecule has 0 amide bonds. The van der Waals surface area contributed by atoms with Gasteiger partial charge in [0.05, 0.1) is 12.2 Å². The van der Waals surface area contributed by atoms with Crippen LogP contribution in [-0.4, -0.2) is 24.3 Å². The van der Waals surface area contributed by atoms with Crippen LogP contribution in [0.25, 0.3) is 0 Å². The number of esters is 1. The number of aliphatic hydroxyl groups is 1. The first-order valence-corrected chi connectivity index (χ1v) is 4.90. The third-order valence-corrected chi connectivity index (χ3v) is 1.76. The molecule has 4 nitrogen and oxygen atoms in total. The van der Waals surface area contributed by atoms with Crippen LogP contribution in [0.4, 0.5) is 0 Å². The molecule has 0 spiro atoms. The van der Waals surface area contributed by atoms with Crippen molar-refractivity contribution in [3.8, 4) is 5.75 Å². The molecule has 0 bridgehead atoms. The Labute approximate surface area is 94.1 Å². The normalized spacial score (nSPS) is 11.0. The molecule has 0 aliphatic rings. The van der Waals surface area contributed by atoms with Crippen molar-refractivity contribution in [2.45, 2.75) is 6.92 Å². The fourth-order valence-corrected chi connectivity index (χ4v) is 0.956. The van der Waals surface area contributed by atoms with E-state index < -0.39 is 5.97 Å². The second kappa shape index (κ2) is 6.63. The molecule has 16 heavy (non-hydrogen) atoms. The summed E-state index contributed by atoms with van der Waals surface area (Å²) < 4.78 is 9.95. The Balaban J connectivity index is 2.48. The lowest BCUT2D eigenvalue weighted by molar-refractivity contribution is -0.140. The molecule has 1 aromatic rings. The fourth-order valence-electron chi connectivity index (χ4n) is 0.956. The highest BCUT2D eigenvalue weighted by Gasteiger charge is 2.05. The van der Waals surface area contributed by atoms with Gasteiger partial charge in [-0.05, 0) is 19.1 Å². The summed E-state index contributed by atoms with van der Waals surface area (Å²) in [6, 6.07) is 9.11. The molecule has 0 fully saturated rings. The van der Waals surface area contributed by atoms with Crippen molar-refractivity contribution in [3.05, 3.63) is 42.2 Å². The number of rotatable bonds is 5. The maximum absolute atomic E-state index is 11.2. The van der Waals surface area contributed by atoms with E-state index in [-0.39, 0.29) is 13.2 Å². The van der Waals surface area contributed by atoms with Crippen LogP contribution in [0.2, 0.25) is 0 Å². The first kappa shape index (κ1) is 12.3. The van der Waals surface area contributed by atoms with Gasteiger partial charge < -0.3 is 14.6 Å². The zero-order valence-electron chi connectivity index (χ0n) is 9.05. The Morgan fingerprint density at radius 1 is 1.38 bits per heavy atom. The smallest absolute Gasteiger partial charge is 0.336 e. The van der Waals surface area contributed by atoms with Crippen molar-refractivity contribution in [2.24, 2.45) is 0 Å². The minimum absolute atomic E-state index is 0.00461. The topological polar surface area (TPSA) is 55.8 Å². The lowest BCUT2D eigenvalue weighted by Gasteiger charge is -2.03. The van der Waals surface area contributed by atoms with E-state index in [1.54, 1.807) is 19.1 Å². The van der Waals surface area contributed by atoms with Gasteiger partial charge in [0, 0.05) is 0 Å². The van der Waals surface area contributed by atoms with Crippen molar-refractivity contribution in [1.82, 2.24) is 0 Å². The van der Waals surface area contributed by atoms with Crippen molar-refractivity contribution in [3.63, 3.8) is 0 Å². The van der Waals surface area contributed by atoms with Crippen LogP contribution in [0.15, 0.2) is 42.2 Å². The molecule has 0 heterocycles. The van der Waals surface area contributed by atoms with E-state index in [9.17, 15) is 4.79 Å². The molecule has 0 aliphatic carbocycles. The van der Waals surface area contributed by atoms with Crippen molar-refractivity contribution < 1.29 is 19.4 Å². The van der Waals surface area contributed by atoms with Gasteiger partial charge in [0.1, 0.15) is 18.6 Å². The molecule has 4 heteroatoms. The average Bonchev–Trinajstić information content (AvgIpc) is 2.34. The van der Waals surface area contributed by atoms with E-state index in [0.717, 1.165) is 0 Å². The molecule has 0 aromatic heterocycles. The van der Waals surface area contributed by atoms with Crippen LogP contribution in [0.1, 0.15) is 6.92 Å². The molecule has 0 unspecified atom stereocenters. The molecule has 0 radical (unpaired) electrons. The number of benzene rings is 1. The largest absolute Gasteiger partial charge is 0.464 e. The van der Waals surface area contributed by atoms with Gasteiger partial charge in [-0.3, -0.25) is 0 Å². The van der Waals surface area contributed by atoms with Crippen molar-refractivity contribution in [2.75, 3.05) is 13.2 Å². The lowest BCUT2D eigenvalue weighted by atomic mass is 10.3. The maximum Gasteiger partial charge on any atom is 0.336 e. The van der Waals surface area contributed by atoms with Gasteiger partial charge in [-0.2, -0.15) is 0 Å². The van der Waals surface area contributed by atoms with E-state index in [4.69, 9.17) is 14.6 Å². The molecule has 1 aromatic carbocycles. The number of ether oxygens (including phenoxy) is 2. The van der Waals surface area contributed by atoms with Gasteiger partial charge in [0.15, 0.2) is 0 Å². The SMILES string of the molecule is CC(=COc1ccccc1)C(=O)OCCO. The van der Waals surface area contributed by atoms with Gasteiger partial charge in [-0.25, -0.2) is 4.79 Å². The second-order valence-electron chi connectivity index (χ2n) is 3.09. The number of para-hydroxylation sites is 1. The van der Waals surface area contributed by atoms with Crippen LogP contribution in [-0.2, 0) is 9.53 Å². The van der Waals surface area contributed by atoms with E-state index in [0.29, 0.717) is 11.3 Å². The number of hydrogen-bond acceptors (Lipinski definition) is 4.